The maximum absolute atomic E-state index is 14.0. The van der Waals surface area contributed by atoms with Gasteiger partial charge in [0, 0.05) is 17.8 Å². The highest BCUT2D eigenvalue weighted by Crippen LogP contribution is 2.25. The number of nitrogens with zero attached hydrogens (tertiary/aromatic N) is 3. The van der Waals surface area contributed by atoms with Crippen LogP contribution in [0.3, 0.4) is 0 Å². The number of rotatable bonds is 5. The smallest absolute Gasteiger partial charge is 0.193 e. The van der Waals surface area contributed by atoms with Crippen molar-refractivity contribution in [2.24, 2.45) is 10.7 Å². The van der Waals surface area contributed by atoms with Gasteiger partial charge >= 0.3 is 0 Å². The van der Waals surface area contributed by atoms with Gasteiger partial charge in [0.15, 0.2) is 11.8 Å². The lowest BCUT2D eigenvalue weighted by molar-refractivity contribution is 0.483. The first-order valence-electron chi connectivity index (χ1n) is 8.61. The number of allylic oxidation sites excluding steroid dienone is 2. The van der Waals surface area contributed by atoms with E-state index in [1.54, 1.807) is 26.1 Å². The van der Waals surface area contributed by atoms with Crippen molar-refractivity contribution in [2.75, 3.05) is 5.73 Å². The Morgan fingerprint density at radius 2 is 2.14 bits per heavy atom. The van der Waals surface area contributed by atoms with Gasteiger partial charge in [-0.05, 0) is 49.2 Å². The van der Waals surface area contributed by atoms with Gasteiger partial charge < -0.3 is 16.8 Å². The molecular formula is C20H22FN7. The summed E-state index contributed by atoms with van der Waals surface area (Å²) >= 11 is 0. The van der Waals surface area contributed by atoms with Crippen molar-refractivity contribution in [3.8, 4) is 0 Å². The number of benzene rings is 1. The summed E-state index contributed by atoms with van der Waals surface area (Å²) in [5.74, 6) is 0.115. The molecule has 0 bridgehead atoms. The molecule has 7 nitrogen and oxygen atoms in total. The molecule has 2 aromatic heterocycles. The standard InChI is InChI=1S/C20H22FN7/c1-4-12(13-7-8-16-14(10-13)18(22)28-27-16)11-25-19(23)26-20(2,3)17-15(21)6-5-9-24-17/h4-11H,1H2,2-3H3,(H3,22,27,28)(H3,23,25,26)/b12-11+. The van der Waals surface area contributed by atoms with E-state index in [-0.39, 0.29) is 11.7 Å². The topological polar surface area (TPSA) is 118 Å². The van der Waals surface area contributed by atoms with Gasteiger partial charge in [-0.25, -0.2) is 9.38 Å². The molecule has 3 aromatic rings. The Balaban J connectivity index is 1.85. The van der Waals surface area contributed by atoms with Crippen LogP contribution in [-0.4, -0.2) is 21.1 Å². The Hall–Kier alpha value is -3.68. The van der Waals surface area contributed by atoms with E-state index < -0.39 is 11.4 Å². The molecule has 0 atom stereocenters. The first-order chi connectivity index (χ1) is 13.3. The van der Waals surface area contributed by atoms with Crippen LogP contribution in [0.2, 0.25) is 0 Å². The van der Waals surface area contributed by atoms with Gasteiger partial charge in [-0.1, -0.05) is 18.7 Å². The van der Waals surface area contributed by atoms with E-state index in [2.05, 4.69) is 32.1 Å². The molecule has 28 heavy (non-hydrogen) atoms. The molecule has 0 radical (unpaired) electrons. The summed E-state index contributed by atoms with van der Waals surface area (Å²) in [6.45, 7) is 7.31. The number of aromatic amines is 1. The lowest BCUT2D eigenvalue weighted by Gasteiger charge is -2.20. The predicted molar refractivity (Wildman–Crippen MR) is 111 cm³/mol. The Kier molecular flexibility index (Phi) is 5.12. The lowest BCUT2D eigenvalue weighted by atomic mass is 10.0. The number of pyridine rings is 1. The Bertz CT molecular complexity index is 1080. The first-order valence-corrected chi connectivity index (χ1v) is 8.61. The van der Waals surface area contributed by atoms with Crippen LogP contribution in [0.1, 0.15) is 25.1 Å². The van der Waals surface area contributed by atoms with Gasteiger partial charge in [-0.3, -0.25) is 10.1 Å². The number of nitrogens with two attached hydrogens (primary N) is 2. The molecule has 6 N–H and O–H groups in total. The molecule has 0 aliphatic heterocycles. The van der Waals surface area contributed by atoms with Crippen molar-refractivity contribution < 1.29 is 4.39 Å². The molecule has 0 aliphatic rings. The van der Waals surface area contributed by atoms with Gasteiger partial charge in [-0.2, -0.15) is 5.10 Å². The highest BCUT2D eigenvalue weighted by atomic mass is 19.1. The number of nitrogens with one attached hydrogen (secondary N) is 2. The Morgan fingerprint density at radius 1 is 1.36 bits per heavy atom. The van der Waals surface area contributed by atoms with E-state index in [1.807, 2.05) is 18.2 Å². The summed E-state index contributed by atoms with van der Waals surface area (Å²) in [7, 11) is 0. The summed E-state index contributed by atoms with van der Waals surface area (Å²) < 4.78 is 14.0. The fraction of sp³-hybridized carbons (Fsp3) is 0.150. The zero-order valence-corrected chi connectivity index (χ0v) is 15.7. The largest absolute Gasteiger partial charge is 0.382 e. The zero-order chi connectivity index (χ0) is 20.3. The predicted octanol–water partition coefficient (Wildman–Crippen LogP) is 3.05. The molecule has 0 unspecified atom stereocenters. The molecule has 1 aromatic carbocycles. The van der Waals surface area contributed by atoms with Gasteiger partial charge in [0.1, 0.15) is 17.1 Å². The maximum Gasteiger partial charge on any atom is 0.193 e. The van der Waals surface area contributed by atoms with E-state index in [4.69, 9.17) is 11.5 Å². The minimum atomic E-state index is -0.936. The number of anilines is 1. The van der Waals surface area contributed by atoms with Crippen LogP contribution in [0.25, 0.3) is 16.5 Å². The molecule has 0 saturated heterocycles. The molecule has 0 saturated carbocycles. The fourth-order valence-corrected chi connectivity index (χ4v) is 2.85. The average molecular weight is 379 g/mol. The van der Waals surface area contributed by atoms with Gasteiger partial charge in [0.05, 0.1) is 5.52 Å². The lowest BCUT2D eigenvalue weighted by Crippen LogP contribution is -2.32. The van der Waals surface area contributed by atoms with Crippen molar-refractivity contribution in [3.63, 3.8) is 0 Å². The second kappa shape index (κ2) is 7.51. The van der Waals surface area contributed by atoms with Gasteiger partial charge in [-0.15, -0.1) is 0 Å². The minimum absolute atomic E-state index is 0.123. The number of halogens is 1. The number of aliphatic imine (C=N–C) groups is 1. The van der Waals surface area contributed by atoms with Crippen molar-refractivity contribution in [3.05, 3.63) is 72.5 Å². The second-order valence-corrected chi connectivity index (χ2v) is 6.71. The van der Waals surface area contributed by atoms with Crippen LogP contribution in [-0.2, 0) is 5.54 Å². The maximum atomic E-state index is 14.0. The quantitative estimate of drug-likeness (QED) is 0.309. The summed E-state index contributed by atoms with van der Waals surface area (Å²) in [5.41, 5.74) is 13.7. The first kappa shape index (κ1) is 19.1. The number of nitrogen functional groups attached to an aromatic ring is 1. The molecule has 0 amide bonds. The third-order valence-corrected chi connectivity index (χ3v) is 4.26. The van der Waals surface area contributed by atoms with Crippen LogP contribution in [0.15, 0.2) is 60.4 Å². The fourth-order valence-electron chi connectivity index (χ4n) is 2.85. The van der Waals surface area contributed by atoms with Gasteiger partial charge in [0.2, 0.25) is 0 Å². The zero-order valence-electron chi connectivity index (χ0n) is 15.7. The highest BCUT2D eigenvalue weighted by molar-refractivity contribution is 5.92. The highest BCUT2D eigenvalue weighted by Gasteiger charge is 2.25. The molecule has 8 heteroatoms. The van der Waals surface area contributed by atoms with Crippen LogP contribution < -0.4 is 16.8 Å². The van der Waals surface area contributed by atoms with Crippen LogP contribution >= 0.6 is 0 Å². The number of hydrogen-bond acceptors (Lipinski definition) is 4. The molecule has 0 spiro atoms. The third-order valence-electron chi connectivity index (χ3n) is 4.26. The van der Waals surface area contributed by atoms with Crippen LogP contribution in [0, 0.1) is 5.82 Å². The number of hydrogen-bond donors (Lipinski definition) is 4. The molecule has 3 rings (SSSR count). The number of H-pyrrole nitrogens is 1. The van der Waals surface area contributed by atoms with Crippen molar-refractivity contribution in [1.82, 2.24) is 20.5 Å². The number of aromatic nitrogens is 3. The Morgan fingerprint density at radius 3 is 2.86 bits per heavy atom. The van der Waals surface area contributed by atoms with Crippen molar-refractivity contribution in [2.45, 2.75) is 19.4 Å². The number of guanidine groups is 1. The summed E-state index contributed by atoms with van der Waals surface area (Å²) in [6, 6.07) is 8.58. The Labute approximate surface area is 162 Å². The SMILES string of the molecule is C=C/C(=C\NC(N)=NC(C)(C)c1ncccc1F)c1ccc2[nH]nc(N)c2c1. The van der Waals surface area contributed by atoms with Gasteiger partial charge in [0.25, 0.3) is 0 Å². The van der Waals surface area contributed by atoms with E-state index in [0.29, 0.717) is 5.82 Å². The molecule has 0 fully saturated rings. The second-order valence-electron chi connectivity index (χ2n) is 6.71. The summed E-state index contributed by atoms with van der Waals surface area (Å²) in [4.78, 5) is 8.44. The monoisotopic (exact) mass is 379 g/mol. The summed E-state index contributed by atoms with van der Waals surface area (Å²) in [6.07, 6.45) is 4.88. The van der Waals surface area contributed by atoms with E-state index in [1.165, 1.54) is 18.3 Å². The van der Waals surface area contributed by atoms with E-state index >= 15 is 0 Å². The average Bonchev–Trinajstić information content (AvgIpc) is 3.03. The van der Waals surface area contributed by atoms with Crippen molar-refractivity contribution >= 4 is 28.3 Å². The molecule has 2 heterocycles. The molecular weight excluding hydrogens is 357 g/mol. The number of fused-ring (bicyclic) bond motifs is 1. The van der Waals surface area contributed by atoms with E-state index in [0.717, 1.165) is 22.0 Å². The van der Waals surface area contributed by atoms with E-state index in [9.17, 15) is 4.39 Å². The van der Waals surface area contributed by atoms with Crippen molar-refractivity contribution in [1.29, 1.82) is 0 Å². The molecule has 144 valence electrons. The summed E-state index contributed by atoms with van der Waals surface area (Å²) in [5, 5.41) is 10.6. The van der Waals surface area contributed by atoms with Crippen LogP contribution in [0.5, 0.6) is 0 Å². The normalized spacial score (nSPS) is 13.0. The molecule has 0 aliphatic carbocycles. The minimum Gasteiger partial charge on any atom is -0.382 e. The van der Waals surface area contributed by atoms with Crippen LogP contribution in [0.4, 0.5) is 10.2 Å². The third kappa shape index (κ3) is 3.85.